The van der Waals surface area contributed by atoms with Gasteiger partial charge in [-0.15, -0.1) is 11.3 Å². The van der Waals surface area contributed by atoms with Crippen molar-refractivity contribution >= 4 is 33.3 Å². The summed E-state index contributed by atoms with van der Waals surface area (Å²) in [6.45, 7) is 0.894. The van der Waals surface area contributed by atoms with E-state index in [1.54, 1.807) is 17.7 Å². The Morgan fingerprint density at radius 3 is 3.10 bits per heavy atom. The van der Waals surface area contributed by atoms with Gasteiger partial charge in [0.1, 0.15) is 23.0 Å². The lowest BCUT2D eigenvalue weighted by atomic mass is 10.2. The second-order valence-corrected chi connectivity index (χ2v) is 6.37. The first-order valence-corrected chi connectivity index (χ1v) is 7.96. The molecule has 1 N–H and O–H groups in total. The molecule has 0 unspecified atom stereocenters. The van der Waals surface area contributed by atoms with E-state index in [0.29, 0.717) is 6.04 Å². The highest BCUT2D eigenvalue weighted by Crippen LogP contribution is 2.32. The quantitative estimate of drug-likeness (QED) is 0.937. The lowest BCUT2D eigenvalue weighted by Crippen LogP contribution is -2.44. The Labute approximate surface area is 121 Å². The Kier molecular flexibility index (Phi) is 2.84. The highest BCUT2D eigenvalue weighted by molar-refractivity contribution is 7.16. The maximum Gasteiger partial charge on any atom is 0.242 e. The first kappa shape index (κ1) is 12.1. The van der Waals surface area contributed by atoms with Crippen LogP contribution in [-0.2, 0) is 4.79 Å². The molecule has 1 amide bonds. The topological polar surface area (TPSA) is 58.1 Å². The second-order valence-electron chi connectivity index (χ2n) is 5.47. The molecule has 0 aromatic carbocycles. The van der Waals surface area contributed by atoms with Gasteiger partial charge in [-0.3, -0.25) is 4.79 Å². The van der Waals surface area contributed by atoms with E-state index >= 15 is 0 Å². The number of aromatic nitrogens is 2. The summed E-state index contributed by atoms with van der Waals surface area (Å²) >= 11 is 1.61. The van der Waals surface area contributed by atoms with Gasteiger partial charge in [-0.05, 0) is 37.1 Å². The van der Waals surface area contributed by atoms with Gasteiger partial charge in [0.15, 0.2) is 0 Å². The van der Waals surface area contributed by atoms with Crippen molar-refractivity contribution in [2.75, 3.05) is 11.4 Å². The van der Waals surface area contributed by atoms with Gasteiger partial charge in [0.05, 0.1) is 5.39 Å². The molecule has 5 nitrogen and oxygen atoms in total. The molecule has 0 spiro atoms. The van der Waals surface area contributed by atoms with E-state index in [2.05, 4.69) is 20.2 Å². The van der Waals surface area contributed by atoms with Crippen LogP contribution in [0.25, 0.3) is 10.2 Å². The summed E-state index contributed by atoms with van der Waals surface area (Å²) in [5.41, 5.74) is 0. The standard InChI is InChI=1S/C14H16N4OS/c19-13(17-9-3-4-9)11-2-1-6-18(11)12-10-5-7-20-14(10)16-8-15-12/h5,7-9,11H,1-4,6H2,(H,17,19)/t11-/m1/s1. The highest BCUT2D eigenvalue weighted by Gasteiger charge is 2.35. The fourth-order valence-corrected chi connectivity index (χ4v) is 3.55. The molecule has 6 heteroatoms. The van der Waals surface area contributed by atoms with Crippen LogP contribution in [0.1, 0.15) is 25.7 Å². The van der Waals surface area contributed by atoms with Gasteiger partial charge in [-0.2, -0.15) is 0 Å². The predicted octanol–water partition coefficient (Wildman–Crippen LogP) is 1.94. The molecule has 2 aliphatic rings. The summed E-state index contributed by atoms with van der Waals surface area (Å²) in [6, 6.07) is 2.38. The Bertz CT molecular complexity index is 651. The molecule has 1 atom stereocenters. The van der Waals surface area contributed by atoms with Gasteiger partial charge < -0.3 is 10.2 Å². The first-order valence-electron chi connectivity index (χ1n) is 7.08. The van der Waals surface area contributed by atoms with E-state index in [4.69, 9.17) is 0 Å². The molecule has 1 aliphatic carbocycles. The molecule has 2 fully saturated rings. The van der Waals surface area contributed by atoms with Crippen molar-refractivity contribution in [1.29, 1.82) is 0 Å². The third-order valence-electron chi connectivity index (χ3n) is 3.99. The fourth-order valence-electron chi connectivity index (χ4n) is 2.82. The average molecular weight is 288 g/mol. The predicted molar refractivity (Wildman–Crippen MR) is 78.9 cm³/mol. The van der Waals surface area contributed by atoms with Crippen LogP contribution in [0, 0.1) is 0 Å². The zero-order chi connectivity index (χ0) is 13.5. The van der Waals surface area contributed by atoms with Gasteiger partial charge >= 0.3 is 0 Å². The summed E-state index contributed by atoms with van der Waals surface area (Å²) in [7, 11) is 0. The van der Waals surface area contributed by atoms with Crippen molar-refractivity contribution < 1.29 is 4.79 Å². The maximum atomic E-state index is 12.4. The lowest BCUT2D eigenvalue weighted by Gasteiger charge is -2.25. The smallest absolute Gasteiger partial charge is 0.242 e. The maximum absolute atomic E-state index is 12.4. The average Bonchev–Trinajstić information content (AvgIpc) is 2.96. The number of carbonyl (C=O) groups is 1. The van der Waals surface area contributed by atoms with E-state index in [1.807, 2.05) is 11.4 Å². The van der Waals surface area contributed by atoms with Crippen LogP contribution in [0.2, 0.25) is 0 Å². The lowest BCUT2D eigenvalue weighted by molar-refractivity contribution is -0.122. The molecule has 20 heavy (non-hydrogen) atoms. The van der Waals surface area contributed by atoms with Crippen LogP contribution in [0.3, 0.4) is 0 Å². The number of thiophene rings is 1. The third kappa shape index (κ3) is 2.04. The molecule has 1 saturated carbocycles. The number of hydrogen-bond donors (Lipinski definition) is 1. The van der Waals surface area contributed by atoms with Crippen LogP contribution in [0.5, 0.6) is 0 Å². The van der Waals surface area contributed by atoms with Crippen molar-refractivity contribution in [2.45, 2.75) is 37.8 Å². The minimum atomic E-state index is -0.0754. The second kappa shape index (κ2) is 4.70. The number of carbonyl (C=O) groups excluding carboxylic acids is 1. The van der Waals surface area contributed by atoms with E-state index in [0.717, 1.165) is 48.3 Å². The Morgan fingerprint density at radius 2 is 2.25 bits per heavy atom. The third-order valence-corrected chi connectivity index (χ3v) is 4.81. The van der Waals surface area contributed by atoms with E-state index in [-0.39, 0.29) is 11.9 Å². The summed E-state index contributed by atoms with van der Waals surface area (Å²) in [6.07, 6.45) is 5.80. The summed E-state index contributed by atoms with van der Waals surface area (Å²) in [5.74, 6) is 1.07. The number of anilines is 1. The van der Waals surface area contributed by atoms with Gasteiger partial charge in [0, 0.05) is 12.6 Å². The molecule has 1 saturated heterocycles. The van der Waals surface area contributed by atoms with E-state index in [9.17, 15) is 4.79 Å². The summed E-state index contributed by atoms with van der Waals surface area (Å²) in [5, 5.41) is 6.20. The van der Waals surface area contributed by atoms with E-state index < -0.39 is 0 Å². The van der Waals surface area contributed by atoms with Gasteiger partial charge in [-0.1, -0.05) is 0 Å². The van der Waals surface area contributed by atoms with Crippen LogP contribution >= 0.6 is 11.3 Å². The Balaban J connectivity index is 1.65. The zero-order valence-electron chi connectivity index (χ0n) is 11.1. The van der Waals surface area contributed by atoms with Crippen molar-refractivity contribution in [1.82, 2.24) is 15.3 Å². The molecule has 0 radical (unpaired) electrons. The number of fused-ring (bicyclic) bond motifs is 1. The van der Waals surface area contributed by atoms with Gasteiger partial charge in [0.2, 0.25) is 5.91 Å². The monoisotopic (exact) mass is 288 g/mol. The molecule has 0 bridgehead atoms. The Hall–Kier alpha value is -1.69. The van der Waals surface area contributed by atoms with Crippen LogP contribution in [0.15, 0.2) is 17.8 Å². The van der Waals surface area contributed by atoms with E-state index in [1.165, 1.54) is 0 Å². The van der Waals surface area contributed by atoms with Crippen molar-refractivity contribution in [2.24, 2.45) is 0 Å². The number of hydrogen-bond acceptors (Lipinski definition) is 5. The molecule has 4 rings (SSSR count). The van der Waals surface area contributed by atoms with Crippen LogP contribution in [0.4, 0.5) is 5.82 Å². The minimum absolute atomic E-state index is 0.0754. The number of rotatable bonds is 3. The van der Waals surface area contributed by atoms with Crippen molar-refractivity contribution in [3.63, 3.8) is 0 Å². The van der Waals surface area contributed by atoms with Crippen LogP contribution < -0.4 is 10.2 Å². The number of nitrogens with one attached hydrogen (secondary N) is 1. The summed E-state index contributed by atoms with van der Waals surface area (Å²) in [4.78, 5) is 24.2. The molecule has 2 aromatic rings. The number of amides is 1. The highest BCUT2D eigenvalue weighted by atomic mass is 32.1. The molecule has 3 heterocycles. The van der Waals surface area contributed by atoms with Crippen molar-refractivity contribution in [3.8, 4) is 0 Å². The Morgan fingerprint density at radius 1 is 1.35 bits per heavy atom. The normalized spacial score (nSPS) is 22.4. The fraction of sp³-hybridized carbons (Fsp3) is 0.500. The van der Waals surface area contributed by atoms with Gasteiger partial charge in [-0.25, -0.2) is 9.97 Å². The largest absolute Gasteiger partial charge is 0.352 e. The van der Waals surface area contributed by atoms with Crippen LogP contribution in [-0.4, -0.2) is 34.5 Å². The molecule has 104 valence electrons. The molecular weight excluding hydrogens is 272 g/mol. The molecular formula is C14H16N4OS. The van der Waals surface area contributed by atoms with Gasteiger partial charge in [0.25, 0.3) is 0 Å². The zero-order valence-corrected chi connectivity index (χ0v) is 11.9. The SMILES string of the molecule is O=C(NC1CC1)[C@H]1CCCN1c1ncnc2sccc12. The molecule has 2 aromatic heterocycles. The van der Waals surface area contributed by atoms with Crippen molar-refractivity contribution in [3.05, 3.63) is 17.8 Å². The molecule has 1 aliphatic heterocycles. The first-order chi connectivity index (χ1) is 9.83. The summed E-state index contributed by atoms with van der Waals surface area (Å²) < 4.78 is 0. The number of nitrogens with zero attached hydrogens (tertiary/aromatic N) is 3. The minimum Gasteiger partial charge on any atom is -0.352 e.